The molecular formula is C17H29IN4O2. The number of aliphatic imine (C=N–C) groups is 1. The lowest BCUT2D eigenvalue weighted by Gasteiger charge is -2.11. The van der Waals surface area contributed by atoms with Crippen LogP contribution in [0.15, 0.2) is 35.3 Å². The summed E-state index contributed by atoms with van der Waals surface area (Å²) >= 11 is 0. The molecule has 0 atom stereocenters. The Morgan fingerprint density at radius 2 is 1.88 bits per heavy atom. The van der Waals surface area contributed by atoms with Crippen molar-refractivity contribution in [1.29, 1.82) is 0 Å². The fourth-order valence-electron chi connectivity index (χ4n) is 1.89. The molecule has 1 rings (SSSR count). The van der Waals surface area contributed by atoms with Crippen molar-refractivity contribution in [2.75, 3.05) is 38.2 Å². The van der Waals surface area contributed by atoms with E-state index in [4.69, 9.17) is 4.74 Å². The summed E-state index contributed by atoms with van der Waals surface area (Å²) in [6.45, 7) is 7.18. The zero-order valence-corrected chi connectivity index (χ0v) is 16.8. The summed E-state index contributed by atoms with van der Waals surface area (Å²) in [7, 11) is 0. The molecule has 0 fully saturated rings. The standard InChI is InChI=1S/C17H28N4O2.HI/c1-3-18-17(19-12-8-9-13-23-4-2)20-14-16(22)21-15-10-6-5-7-11-15;/h5-7,10-11H,3-4,8-9,12-14H2,1-2H3,(H,21,22)(H2,18,19,20);1H. The first-order valence-electron chi connectivity index (χ1n) is 8.21. The van der Waals surface area contributed by atoms with Crippen molar-refractivity contribution in [3.05, 3.63) is 30.3 Å². The number of nitrogens with one attached hydrogen (secondary N) is 3. The lowest BCUT2D eigenvalue weighted by Crippen LogP contribution is -2.38. The molecule has 1 aromatic rings. The molecular weight excluding hydrogens is 419 g/mol. The molecule has 3 N–H and O–H groups in total. The van der Waals surface area contributed by atoms with Crippen molar-refractivity contribution in [1.82, 2.24) is 10.6 Å². The van der Waals surface area contributed by atoms with Gasteiger partial charge in [-0.15, -0.1) is 24.0 Å². The minimum Gasteiger partial charge on any atom is -0.382 e. The van der Waals surface area contributed by atoms with Crippen LogP contribution in [0.3, 0.4) is 0 Å². The van der Waals surface area contributed by atoms with Crippen LogP contribution in [-0.2, 0) is 9.53 Å². The molecule has 0 aliphatic carbocycles. The second-order valence-electron chi connectivity index (χ2n) is 4.94. The highest BCUT2D eigenvalue weighted by Crippen LogP contribution is 2.04. The summed E-state index contributed by atoms with van der Waals surface area (Å²) in [6, 6.07) is 9.37. The van der Waals surface area contributed by atoms with E-state index >= 15 is 0 Å². The number of carbonyl (C=O) groups is 1. The van der Waals surface area contributed by atoms with E-state index in [1.807, 2.05) is 44.2 Å². The van der Waals surface area contributed by atoms with Gasteiger partial charge >= 0.3 is 0 Å². The van der Waals surface area contributed by atoms with Crippen LogP contribution in [0.5, 0.6) is 0 Å². The summed E-state index contributed by atoms with van der Waals surface area (Å²) in [5.41, 5.74) is 0.779. The molecule has 0 spiro atoms. The van der Waals surface area contributed by atoms with Gasteiger partial charge in [-0.05, 0) is 38.8 Å². The van der Waals surface area contributed by atoms with Crippen LogP contribution < -0.4 is 16.0 Å². The fourth-order valence-corrected chi connectivity index (χ4v) is 1.89. The highest BCUT2D eigenvalue weighted by Gasteiger charge is 2.02. The quantitative estimate of drug-likeness (QED) is 0.223. The first-order chi connectivity index (χ1) is 11.3. The minimum absolute atomic E-state index is 0. The third kappa shape index (κ3) is 11.2. The average molecular weight is 448 g/mol. The summed E-state index contributed by atoms with van der Waals surface area (Å²) < 4.78 is 5.30. The second kappa shape index (κ2) is 15.2. The number of benzene rings is 1. The predicted molar refractivity (Wildman–Crippen MR) is 110 cm³/mol. The largest absolute Gasteiger partial charge is 0.382 e. The van der Waals surface area contributed by atoms with E-state index in [1.165, 1.54) is 0 Å². The van der Waals surface area contributed by atoms with Gasteiger partial charge in [-0.3, -0.25) is 4.79 Å². The zero-order valence-electron chi connectivity index (χ0n) is 14.5. The molecule has 24 heavy (non-hydrogen) atoms. The number of hydrogen-bond donors (Lipinski definition) is 3. The van der Waals surface area contributed by atoms with E-state index in [1.54, 1.807) is 0 Å². The van der Waals surface area contributed by atoms with Crippen molar-refractivity contribution in [2.24, 2.45) is 4.99 Å². The maximum atomic E-state index is 11.9. The molecule has 0 bridgehead atoms. The normalized spacial score (nSPS) is 10.7. The molecule has 136 valence electrons. The molecule has 0 unspecified atom stereocenters. The molecule has 0 saturated carbocycles. The number of para-hydroxylation sites is 1. The number of rotatable bonds is 10. The Morgan fingerprint density at radius 1 is 1.12 bits per heavy atom. The van der Waals surface area contributed by atoms with Gasteiger partial charge in [0.1, 0.15) is 6.54 Å². The Hall–Kier alpha value is -1.35. The van der Waals surface area contributed by atoms with Crippen LogP contribution in [0.2, 0.25) is 0 Å². The minimum atomic E-state index is -0.134. The second-order valence-corrected chi connectivity index (χ2v) is 4.94. The fraction of sp³-hybridized carbons (Fsp3) is 0.529. The SMILES string of the molecule is CCNC(=NCC(=O)Nc1ccccc1)NCCCCOCC.I. The van der Waals surface area contributed by atoms with Crippen molar-refractivity contribution in [3.8, 4) is 0 Å². The lowest BCUT2D eigenvalue weighted by molar-refractivity contribution is -0.114. The first kappa shape index (κ1) is 22.6. The number of amides is 1. The first-order valence-corrected chi connectivity index (χ1v) is 8.21. The van der Waals surface area contributed by atoms with Gasteiger partial charge in [0.05, 0.1) is 0 Å². The van der Waals surface area contributed by atoms with Crippen LogP contribution in [0.25, 0.3) is 0 Å². The van der Waals surface area contributed by atoms with Gasteiger partial charge in [0, 0.05) is 32.0 Å². The molecule has 1 aromatic carbocycles. The van der Waals surface area contributed by atoms with Gasteiger partial charge in [0.25, 0.3) is 0 Å². The molecule has 0 saturated heterocycles. The van der Waals surface area contributed by atoms with E-state index in [2.05, 4.69) is 20.9 Å². The highest BCUT2D eigenvalue weighted by molar-refractivity contribution is 14.0. The molecule has 0 radical (unpaired) electrons. The maximum Gasteiger partial charge on any atom is 0.246 e. The number of anilines is 1. The Labute approximate surface area is 161 Å². The number of carbonyl (C=O) groups excluding carboxylic acids is 1. The molecule has 0 aliphatic heterocycles. The van der Waals surface area contributed by atoms with Gasteiger partial charge in [-0.1, -0.05) is 18.2 Å². The number of ether oxygens (including phenoxy) is 1. The summed E-state index contributed by atoms with van der Waals surface area (Å²) in [5, 5.41) is 9.16. The molecule has 7 heteroatoms. The van der Waals surface area contributed by atoms with Gasteiger partial charge in [-0.25, -0.2) is 4.99 Å². The third-order valence-corrected chi connectivity index (χ3v) is 2.99. The van der Waals surface area contributed by atoms with E-state index in [-0.39, 0.29) is 36.4 Å². The van der Waals surface area contributed by atoms with Crippen LogP contribution in [0, 0.1) is 0 Å². The van der Waals surface area contributed by atoms with Crippen LogP contribution in [0.1, 0.15) is 26.7 Å². The summed E-state index contributed by atoms with van der Waals surface area (Å²) in [6.07, 6.45) is 2.01. The average Bonchev–Trinajstić information content (AvgIpc) is 2.56. The number of unbranched alkanes of at least 4 members (excludes halogenated alkanes) is 1. The van der Waals surface area contributed by atoms with E-state index < -0.39 is 0 Å². The van der Waals surface area contributed by atoms with Crippen LogP contribution in [0.4, 0.5) is 5.69 Å². The van der Waals surface area contributed by atoms with Crippen LogP contribution >= 0.6 is 24.0 Å². The van der Waals surface area contributed by atoms with Crippen molar-refractivity contribution >= 4 is 41.5 Å². The zero-order chi connectivity index (χ0) is 16.8. The number of halogens is 1. The smallest absolute Gasteiger partial charge is 0.246 e. The van der Waals surface area contributed by atoms with Gasteiger partial charge in [-0.2, -0.15) is 0 Å². The Kier molecular flexibility index (Phi) is 14.3. The highest BCUT2D eigenvalue weighted by atomic mass is 127. The number of guanidine groups is 1. The lowest BCUT2D eigenvalue weighted by atomic mass is 10.3. The molecule has 6 nitrogen and oxygen atoms in total. The molecule has 0 aromatic heterocycles. The van der Waals surface area contributed by atoms with E-state index in [0.29, 0.717) is 5.96 Å². The maximum absolute atomic E-state index is 11.9. The van der Waals surface area contributed by atoms with Gasteiger partial charge in [0.15, 0.2) is 5.96 Å². The van der Waals surface area contributed by atoms with Crippen molar-refractivity contribution in [2.45, 2.75) is 26.7 Å². The van der Waals surface area contributed by atoms with E-state index in [0.717, 1.165) is 44.8 Å². The molecule has 0 heterocycles. The predicted octanol–water partition coefficient (Wildman–Crippen LogP) is 2.61. The van der Waals surface area contributed by atoms with Crippen LogP contribution in [-0.4, -0.2) is 44.7 Å². The topological polar surface area (TPSA) is 74.8 Å². The Bertz CT molecular complexity index is 469. The summed E-state index contributed by atoms with van der Waals surface area (Å²) in [4.78, 5) is 16.2. The molecule has 1 amide bonds. The van der Waals surface area contributed by atoms with E-state index in [9.17, 15) is 4.79 Å². The number of nitrogens with zero attached hydrogens (tertiary/aromatic N) is 1. The monoisotopic (exact) mass is 448 g/mol. The third-order valence-electron chi connectivity index (χ3n) is 2.99. The Morgan fingerprint density at radius 3 is 2.54 bits per heavy atom. The van der Waals surface area contributed by atoms with Crippen molar-refractivity contribution < 1.29 is 9.53 Å². The van der Waals surface area contributed by atoms with Crippen molar-refractivity contribution in [3.63, 3.8) is 0 Å². The summed E-state index contributed by atoms with van der Waals surface area (Å²) in [5.74, 6) is 0.525. The molecule has 0 aliphatic rings. The van der Waals surface area contributed by atoms with Gasteiger partial charge < -0.3 is 20.7 Å². The van der Waals surface area contributed by atoms with Gasteiger partial charge in [0.2, 0.25) is 5.91 Å². The number of hydrogen-bond acceptors (Lipinski definition) is 3. The Balaban J connectivity index is 0.00000529.